The number of anilines is 2. The Morgan fingerprint density at radius 2 is 2.22 bits per heavy atom. The topological polar surface area (TPSA) is 61.6 Å². The molecule has 90 valence electrons. The summed E-state index contributed by atoms with van der Waals surface area (Å²) in [5.41, 5.74) is 1.32. The summed E-state index contributed by atoms with van der Waals surface area (Å²) in [7, 11) is 0. The number of nitrogens with one attached hydrogen (secondary N) is 1. The molecule has 0 aliphatic carbocycles. The average Bonchev–Trinajstić information content (AvgIpc) is 2.36. The first-order chi connectivity index (χ1) is 8.60. The van der Waals surface area contributed by atoms with Crippen LogP contribution in [-0.2, 0) is 0 Å². The van der Waals surface area contributed by atoms with Gasteiger partial charge in [0.25, 0.3) is 0 Å². The summed E-state index contributed by atoms with van der Waals surface area (Å²) in [5.74, 6) is -0.0361. The molecule has 4 nitrogen and oxygen atoms in total. The van der Waals surface area contributed by atoms with Crippen molar-refractivity contribution in [3.8, 4) is 6.07 Å². The molecule has 1 aromatic heterocycles. The standard InChI is InChI=1S/C12H8ClFN4/c1-7-6-16-12(13)18-11(7)17-9-2-3-10(14)8(4-9)5-15/h2-4,6H,1H3,(H,16,17,18). The van der Waals surface area contributed by atoms with Gasteiger partial charge >= 0.3 is 0 Å². The molecule has 2 aromatic rings. The van der Waals surface area contributed by atoms with Gasteiger partial charge in [0.05, 0.1) is 5.56 Å². The minimum atomic E-state index is -0.555. The third kappa shape index (κ3) is 2.55. The van der Waals surface area contributed by atoms with Gasteiger partial charge in [-0.25, -0.2) is 14.4 Å². The lowest BCUT2D eigenvalue weighted by molar-refractivity contribution is 0.624. The van der Waals surface area contributed by atoms with Crippen molar-refractivity contribution in [3.05, 3.63) is 46.6 Å². The second-order valence-corrected chi connectivity index (χ2v) is 3.94. The predicted octanol–water partition coefficient (Wildman–Crippen LogP) is 3.19. The molecule has 0 radical (unpaired) electrons. The fourth-order valence-electron chi connectivity index (χ4n) is 1.37. The lowest BCUT2D eigenvalue weighted by Gasteiger charge is -2.08. The molecule has 0 atom stereocenters. The molecule has 0 aliphatic rings. The maximum Gasteiger partial charge on any atom is 0.224 e. The molecule has 18 heavy (non-hydrogen) atoms. The molecular weight excluding hydrogens is 255 g/mol. The minimum absolute atomic E-state index is 0.0298. The molecule has 0 saturated carbocycles. The lowest BCUT2D eigenvalue weighted by Crippen LogP contribution is -1.99. The second kappa shape index (κ2) is 4.98. The van der Waals surface area contributed by atoms with Crippen LogP contribution in [0.3, 0.4) is 0 Å². The molecule has 0 fully saturated rings. The summed E-state index contributed by atoms with van der Waals surface area (Å²) in [5, 5.41) is 11.8. The monoisotopic (exact) mass is 262 g/mol. The van der Waals surface area contributed by atoms with Crippen LogP contribution in [0.25, 0.3) is 0 Å². The summed E-state index contributed by atoms with van der Waals surface area (Å²) in [6.07, 6.45) is 1.58. The zero-order valence-corrected chi connectivity index (χ0v) is 10.2. The summed E-state index contributed by atoms with van der Waals surface area (Å²) >= 11 is 5.69. The number of nitriles is 1. The minimum Gasteiger partial charge on any atom is -0.340 e. The van der Waals surface area contributed by atoms with Gasteiger partial charge in [-0.1, -0.05) is 0 Å². The summed E-state index contributed by atoms with van der Waals surface area (Å²) in [6, 6.07) is 5.92. The first kappa shape index (κ1) is 12.3. The van der Waals surface area contributed by atoms with Crippen molar-refractivity contribution in [2.45, 2.75) is 6.92 Å². The average molecular weight is 263 g/mol. The Kier molecular flexibility index (Phi) is 3.40. The zero-order chi connectivity index (χ0) is 13.1. The van der Waals surface area contributed by atoms with E-state index in [4.69, 9.17) is 16.9 Å². The molecule has 0 bridgehead atoms. The van der Waals surface area contributed by atoms with Crippen LogP contribution in [0.4, 0.5) is 15.9 Å². The van der Waals surface area contributed by atoms with Crippen LogP contribution < -0.4 is 5.32 Å². The predicted molar refractivity (Wildman–Crippen MR) is 66.2 cm³/mol. The molecule has 1 heterocycles. The van der Waals surface area contributed by atoms with Gasteiger partial charge in [-0.3, -0.25) is 0 Å². The maximum atomic E-state index is 13.2. The number of hydrogen-bond acceptors (Lipinski definition) is 4. The normalized spacial score (nSPS) is 9.89. The van der Waals surface area contributed by atoms with E-state index in [-0.39, 0.29) is 10.8 Å². The summed E-state index contributed by atoms with van der Waals surface area (Å²) < 4.78 is 13.2. The molecule has 0 spiro atoms. The Hall–Kier alpha value is -2.19. The number of hydrogen-bond donors (Lipinski definition) is 1. The Labute approximate surface area is 108 Å². The first-order valence-corrected chi connectivity index (χ1v) is 5.44. The van der Waals surface area contributed by atoms with Gasteiger partial charge in [0.1, 0.15) is 17.7 Å². The third-order valence-corrected chi connectivity index (χ3v) is 2.47. The van der Waals surface area contributed by atoms with E-state index in [0.717, 1.165) is 5.56 Å². The SMILES string of the molecule is Cc1cnc(Cl)nc1Nc1ccc(F)c(C#N)c1. The maximum absolute atomic E-state index is 13.2. The molecule has 0 unspecified atom stereocenters. The fraction of sp³-hybridized carbons (Fsp3) is 0.0833. The van der Waals surface area contributed by atoms with E-state index < -0.39 is 5.82 Å². The van der Waals surface area contributed by atoms with Crippen LogP contribution in [-0.4, -0.2) is 9.97 Å². The van der Waals surface area contributed by atoms with E-state index >= 15 is 0 Å². The first-order valence-electron chi connectivity index (χ1n) is 5.06. The smallest absolute Gasteiger partial charge is 0.224 e. The Morgan fingerprint density at radius 1 is 1.44 bits per heavy atom. The van der Waals surface area contributed by atoms with Gasteiger partial charge in [0, 0.05) is 17.4 Å². The van der Waals surface area contributed by atoms with E-state index in [1.165, 1.54) is 18.2 Å². The highest BCUT2D eigenvalue weighted by Crippen LogP contribution is 2.21. The van der Waals surface area contributed by atoms with Crippen molar-refractivity contribution in [3.63, 3.8) is 0 Å². The third-order valence-electron chi connectivity index (χ3n) is 2.29. The highest BCUT2D eigenvalue weighted by Gasteiger charge is 2.06. The van der Waals surface area contributed by atoms with E-state index in [2.05, 4.69) is 15.3 Å². The number of halogens is 2. The van der Waals surface area contributed by atoms with Crippen LogP contribution in [0.2, 0.25) is 5.28 Å². The van der Waals surface area contributed by atoms with Crippen LogP contribution in [0.1, 0.15) is 11.1 Å². The largest absolute Gasteiger partial charge is 0.340 e. The van der Waals surface area contributed by atoms with Gasteiger partial charge in [-0.05, 0) is 36.7 Å². The Bertz CT molecular complexity index is 636. The molecular formula is C12H8ClFN4. The van der Waals surface area contributed by atoms with Gasteiger partial charge in [-0.2, -0.15) is 5.26 Å². The number of aryl methyl sites for hydroxylation is 1. The number of aromatic nitrogens is 2. The molecule has 2 rings (SSSR count). The number of benzene rings is 1. The van der Waals surface area contributed by atoms with Gasteiger partial charge < -0.3 is 5.32 Å². The van der Waals surface area contributed by atoms with Crippen LogP contribution in [0.15, 0.2) is 24.4 Å². The Balaban J connectivity index is 2.34. The molecule has 1 aromatic carbocycles. The number of rotatable bonds is 2. The van der Waals surface area contributed by atoms with Crippen LogP contribution in [0, 0.1) is 24.1 Å². The fourth-order valence-corrected chi connectivity index (χ4v) is 1.51. The van der Waals surface area contributed by atoms with Crippen molar-refractivity contribution >= 4 is 23.1 Å². The molecule has 1 N–H and O–H groups in total. The molecule has 0 amide bonds. The molecule has 6 heteroatoms. The zero-order valence-electron chi connectivity index (χ0n) is 9.41. The van der Waals surface area contributed by atoms with Gasteiger partial charge in [0.15, 0.2) is 0 Å². The Morgan fingerprint density at radius 3 is 2.94 bits per heavy atom. The second-order valence-electron chi connectivity index (χ2n) is 3.60. The van der Waals surface area contributed by atoms with Crippen molar-refractivity contribution in [1.29, 1.82) is 5.26 Å². The van der Waals surface area contributed by atoms with Crippen LogP contribution in [0.5, 0.6) is 0 Å². The summed E-state index contributed by atoms with van der Waals surface area (Å²) in [6.45, 7) is 1.81. The van der Waals surface area contributed by atoms with Crippen LogP contribution >= 0.6 is 11.6 Å². The van der Waals surface area contributed by atoms with E-state index in [9.17, 15) is 4.39 Å². The van der Waals surface area contributed by atoms with Gasteiger partial charge in [0.2, 0.25) is 5.28 Å². The van der Waals surface area contributed by atoms with Crippen molar-refractivity contribution in [1.82, 2.24) is 9.97 Å². The van der Waals surface area contributed by atoms with Gasteiger partial charge in [-0.15, -0.1) is 0 Å². The molecule has 0 aliphatic heterocycles. The van der Waals surface area contributed by atoms with E-state index in [1.807, 2.05) is 6.92 Å². The highest BCUT2D eigenvalue weighted by atomic mass is 35.5. The van der Waals surface area contributed by atoms with Crippen molar-refractivity contribution < 1.29 is 4.39 Å². The van der Waals surface area contributed by atoms with Crippen molar-refractivity contribution in [2.24, 2.45) is 0 Å². The summed E-state index contributed by atoms with van der Waals surface area (Å²) in [4.78, 5) is 7.84. The number of nitrogens with zero attached hydrogens (tertiary/aromatic N) is 3. The van der Waals surface area contributed by atoms with E-state index in [0.29, 0.717) is 11.5 Å². The van der Waals surface area contributed by atoms with E-state index in [1.54, 1.807) is 12.3 Å². The lowest BCUT2D eigenvalue weighted by atomic mass is 10.2. The molecule has 0 saturated heterocycles. The highest BCUT2D eigenvalue weighted by molar-refractivity contribution is 6.28. The van der Waals surface area contributed by atoms with Crippen molar-refractivity contribution in [2.75, 3.05) is 5.32 Å². The quantitative estimate of drug-likeness (QED) is 0.845.